The van der Waals surface area contributed by atoms with E-state index in [0.717, 1.165) is 11.4 Å². The number of aromatic nitrogens is 1. The second kappa shape index (κ2) is 6.03. The number of nitrogens with one attached hydrogen (secondary N) is 2. The number of nitrogens with zero attached hydrogens (tertiary/aromatic N) is 1. The van der Waals surface area contributed by atoms with E-state index in [0.29, 0.717) is 23.1 Å². The number of rotatable bonds is 4. The zero-order chi connectivity index (χ0) is 15.5. The molecule has 112 valence electrons. The summed E-state index contributed by atoms with van der Waals surface area (Å²) in [4.78, 5) is 17.0. The van der Waals surface area contributed by atoms with Crippen molar-refractivity contribution < 1.29 is 9.53 Å². The number of anilines is 1. The zero-order valence-corrected chi connectivity index (χ0v) is 12.8. The van der Waals surface area contributed by atoms with Crippen LogP contribution in [0.25, 0.3) is 6.08 Å². The molecular formula is C16H15N3O2S. The van der Waals surface area contributed by atoms with Crippen LogP contribution in [0.2, 0.25) is 0 Å². The first-order valence-electron chi connectivity index (χ1n) is 6.92. The van der Waals surface area contributed by atoms with E-state index in [4.69, 9.17) is 17.0 Å². The second-order valence-electron chi connectivity index (χ2n) is 4.68. The Morgan fingerprint density at radius 1 is 1.27 bits per heavy atom. The molecule has 3 rings (SSSR count). The Bertz CT molecular complexity index is 720. The number of aromatic amines is 1. The lowest BCUT2D eigenvalue weighted by atomic mass is 10.2. The highest BCUT2D eigenvalue weighted by Gasteiger charge is 2.31. The van der Waals surface area contributed by atoms with Crippen molar-refractivity contribution in [2.24, 2.45) is 0 Å². The van der Waals surface area contributed by atoms with Gasteiger partial charge in [0.25, 0.3) is 5.91 Å². The number of hydrogen-bond donors (Lipinski definition) is 2. The predicted molar refractivity (Wildman–Crippen MR) is 89.6 cm³/mol. The quantitative estimate of drug-likeness (QED) is 0.673. The van der Waals surface area contributed by atoms with E-state index in [2.05, 4.69) is 10.3 Å². The minimum Gasteiger partial charge on any atom is -0.494 e. The number of carbonyl (C=O) groups excluding carboxylic acids is 1. The third kappa shape index (κ3) is 2.73. The first kappa shape index (κ1) is 14.3. The molecule has 1 saturated heterocycles. The van der Waals surface area contributed by atoms with Gasteiger partial charge in [0, 0.05) is 11.9 Å². The molecular weight excluding hydrogens is 298 g/mol. The molecule has 2 aromatic rings. The molecule has 0 radical (unpaired) electrons. The van der Waals surface area contributed by atoms with Gasteiger partial charge >= 0.3 is 0 Å². The van der Waals surface area contributed by atoms with Crippen molar-refractivity contribution in [2.45, 2.75) is 6.92 Å². The molecule has 1 aliphatic heterocycles. The largest absolute Gasteiger partial charge is 0.494 e. The molecule has 1 fully saturated rings. The van der Waals surface area contributed by atoms with Crippen LogP contribution in [0.5, 0.6) is 5.75 Å². The average molecular weight is 313 g/mol. The fourth-order valence-corrected chi connectivity index (χ4v) is 2.52. The van der Waals surface area contributed by atoms with E-state index in [1.54, 1.807) is 12.3 Å². The topological polar surface area (TPSA) is 57.4 Å². The van der Waals surface area contributed by atoms with E-state index in [1.165, 1.54) is 4.90 Å². The van der Waals surface area contributed by atoms with Crippen molar-refractivity contribution in [3.8, 4) is 5.75 Å². The van der Waals surface area contributed by atoms with Crippen LogP contribution in [-0.2, 0) is 4.79 Å². The molecule has 0 saturated carbocycles. The third-order valence-electron chi connectivity index (χ3n) is 3.21. The molecule has 22 heavy (non-hydrogen) atoms. The van der Waals surface area contributed by atoms with Gasteiger partial charge in [-0.3, -0.25) is 9.69 Å². The van der Waals surface area contributed by atoms with Crippen molar-refractivity contribution in [3.05, 3.63) is 54.0 Å². The van der Waals surface area contributed by atoms with Crippen LogP contribution in [0.1, 0.15) is 12.6 Å². The van der Waals surface area contributed by atoms with Crippen molar-refractivity contribution in [1.29, 1.82) is 0 Å². The number of hydrogen-bond acceptors (Lipinski definition) is 3. The standard InChI is InChI=1S/C16H15N3O2S/c1-2-21-13-7-5-12(6-8-13)19-15(20)14(18-16(19)22)10-11-4-3-9-17-11/h3-10,17H,2H2,1H3,(H,18,22)/b14-10+. The van der Waals surface area contributed by atoms with E-state index in [9.17, 15) is 4.79 Å². The molecule has 0 spiro atoms. The molecule has 2 N–H and O–H groups in total. The summed E-state index contributed by atoms with van der Waals surface area (Å²) in [6.45, 7) is 2.53. The van der Waals surface area contributed by atoms with E-state index in [-0.39, 0.29) is 5.91 Å². The Morgan fingerprint density at radius 2 is 2.05 bits per heavy atom. The van der Waals surface area contributed by atoms with E-state index < -0.39 is 0 Å². The Labute approximate surface area is 133 Å². The maximum Gasteiger partial charge on any atom is 0.281 e. The molecule has 0 unspecified atom stereocenters. The summed E-state index contributed by atoms with van der Waals surface area (Å²) in [6, 6.07) is 11.0. The molecule has 1 aliphatic rings. The van der Waals surface area contributed by atoms with Crippen molar-refractivity contribution in [2.75, 3.05) is 11.5 Å². The highest BCUT2D eigenvalue weighted by molar-refractivity contribution is 7.80. The lowest BCUT2D eigenvalue weighted by Gasteiger charge is -2.14. The summed E-state index contributed by atoms with van der Waals surface area (Å²) in [5, 5.41) is 3.32. The average Bonchev–Trinajstić information content (AvgIpc) is 3.10. The highest BCUT2D eigenvalue weighted by atomic mass is 32.1. The first-order chi connectivity index (χ1) is 10.7. The number of carbonyl (C=O) groups is 1. The molecule has 1 aromatic carbocycles. The smallest absolute Gasteiger partial charge is 0.281 e. The minimum atomic E-state index is -0.177. The normalized spacial score (nSPS) is 16.2. The van der Waals surface area contributed by atoms with Crippen LogP contribution < -0.4 is 15.0 Å². The van der Waals surface area contributed by atoms with Crippen LogP contribution in [0.15, 0.2) is 48.3 Å². The van der Waals surface area contributed by atoms with Crippen molar-refractivity contribution >= 4 is 35.0 Å². The van der Waals surface area contributed by atoms with Gasteiger partial charge in [-0.1, -0.05) is 0 Å². The van der Waals surface area contributed by atoms with E-state index in [1.807, 2.05) is 43.3 Å². The summed E-state index contributed by atoms with van der Waals surface area (Å²) in [5.74, 6) is 0.586. The van der Waals surface area contributed by atoms with Gasteiger partial charge in [0.05, 0.1) is 12.3 Å². The Balaban J connectivity index is 1.85. The van der Waals surface area contributed by atoms with Gasteiger partial charge in [-0.25, -0.2) is 0 Å². The molecule has 1 aromatic heterocycles. The molecule has 1 amide bonds. The van der Waals surface area contributed by atoms with Gasteiger partial charge in [0.15, 0.2) is 5.11 Å². The van der Waals surface area contributed by atoms with Crippen LogP contribution in [0.4, 0.5) is 5.69 Å². The maximum atomic E-state index is 12.5. The molecule has 6 heteroatoms. The Morgan fingerprint density at radius 3 is 2.68 bits per heavy atom. The minimum absolute atomic E-state index is 0.177. The summed E-state index contributed by atoms with van der Waals surface area (Å²) in [7, 11) is 0. The van der Waals surface area contributed by atoms with Crippen LogP contribution in [0.3, 0.4) is 0 Å². The summed E-state index contributed by atoms with van der Waals surface area (Å²) >= 11 is 5.27. The predicted octanol–water partition coefficient (Wildman–Crippen LogP) is 2.68. The molecule has 5 nitrogen and oxygen atoms in total. The number of benzene rings is 1. The fraction of sp³-hybridized carbons (Fsp3) is 0.125. The van der Waals surface area contributed by atoms with Gasteiger partial charge in [-0.05, 0) is 61.6 Å². The first-order valence-corrected chi connectivity index (χ1v) is 7.33. The monoisotopic (exact) mass is 313 g/mol. The molecule has 0 aliphatic carbocycles. The molecule has 2 heterocycles. The van der Waals surface area contributed by atoms with Gasteiger partial charge in [0.1, 0.15) is 11.4 Å². The zero-order valence-electron chi connectivity index (χ0n) is 12.0. The van der Waals surface area contributed by atoms with E-state index >= 15 is 0 Å². The van der Waals surface area contributed by atoms with Crippen LogP contribution in [0, 0.1) is 0 Å². The highest BCUT2D eigenvalue weighted by Crippen LogP contribution is 2.24. The van der Waals surface area contributed by atoms with Crippen molar-refractivity contribution in [3.63, 3.8) is 0 Å². The number of amides is 1. The van der Waals surface area contributed by atoms with Gasteiger partial charge in [-0.2, -0.15) is 0 Å². The summed E-state index contributed by atoms with van der Waals surface area (Å²) in [5.41, 5.74) is 1.99. The third-order valence-corrected chi connectivity index (χ3v) is 3.49. The molecule has 0 atom stereocenters. The number of H-pyrrole nitrogens is 1. The summed E-state index contributed by atoms with van der Waals surface area (Å²) < 4.78 is 5.40. The lowest BCUT2D eigenvalue weighted by Crippen LogP contribution is -2.30. The Kier molecular flexibility index (Phi) is 3.93. The number of ether oxygens (including phenoxy) is 1. The maximum absolute atomic E-state index is 12.5. The van der Waals surface area contributed by atoms with Gasteiger partial charge in [-0.15, -0.1) is 0 Å². The van der Waals surface area contributed by atoms with Gasteiger partial charge in [0.2, 0.25) is 0 Å². The van der Waals surface area contributed by atoms with Crippen molar-refractivity contribution in [1.82, 2.24) is 10.3 Å². The number of thiocarbonyl (C=S) groups is 1. The SMILES string of the molecule is CCOc1ccc(N2C(=O)/C(=C\c3ccc[nH]3)NC2=S)cc1. The Hall–Kier alpha value is -2.60. The lowest BCUT2D eigenvalue weighted by molar-refractivity contribution is -0.113. The fourth-order valence-electron chi connectivity index (χ4n) is 2.22. The van der Waals surface area contributed by atoms with Crippen LogP contribution >= 0.6 is 12.2 Å². The molecule has 0 bridgehead atoms. The summed E-state index contributed by atoms with van der Waals surface area (Å²) in [6.07, 6.45) is 3.54. The van der Waals surface area contributed by atoms with Crippen LogP contribution in [-0.4, -0.2) is 22.6 Å². The van der Waals surface area contributed by atoms with Gasteiger partial charge < -0.3 is 15.0 Å². The second-order valence-corrected chi connectivity index (χ2v) is 5.07.